The van der Waals surface area contributed by atoms with Crippen LogP contribution in [0.2, 0.25) is 0 Å². The molecule has 52 heavy (non-hydrogen) atoms. The molecule has 0 aliphatic heterocycles. The highest BCUT2D eigenvalue weighted by Gasteiger charge is 2.72. The number of nitrogens with zero attached hydrogens (tertiary/aromatic N) is 4. The molecule has 4 aromatic rings. The van der Waals surface area contributed by atoms with Crippen molar-refractivity contribution in [1.82, 2.24) is 9.97 Å². The average molecular weight is 757 g/mol. The fourth-order valence-corrected chi connectivity index (χ4v) is 4.97. The van der Waals surface area contributed by atoms with Gasteiger partial charge in [-0.2, -0.15) is 52.7 Å². The number of aliphatic hydroxyl groups is 2. The molecule has 0 saturated carbocycles. The average Bonchev–Trinajstić information content (AvgIpc) is 3.08. The summed E-state index contributed by atoms with van der Waals surface area (Å²) in [6, 6.07) is 15.8. The van der Waals surface area contributed by atoms with Crippen molar-refractivity contribution in [3.63, 3.8) is 0 Å². The number of alkyl halides is 12. The molecule has 4 rings (SSSR count). The molecule has 284 valence electrons. The van der Waals surface area contributed by atoms with E-state index < -0.39 is 47.0 Å². The molecular weight excluding hydrogens is 724 g/mol. The summed E-state index contributed by atoms with van der Waals surface area (Å²) < 4.78 is 155. The highest BCUT2D eigenvalue weighted by molar-refractivity contribution is 5.50. The third kappa shape index (κ3) is 9.07. The maximum Gasteiger partial charge on any atom is 0.430 e. The van der Waals surface area contributed by atoms with Gasteiger partial charge in [-0.05, 0) is 61.9 Å². The Kier molecular flexibility index (Phi) is 12.9. The topological polar surface area (TPSA) is 72.7 Å². The maximum atomic E-state index is 12.9. The van der Waals surface area contributed by atoms with Gasteiger partial charge in [-0.25, -0.2) is 0 Å². The van der Waals surface area contributed by atoms with Gasteiger partial charge >= 0.3 is 24.7 Å². The Labute approximate surface area is 290 Å². The first kappa shape index (κ1) is 41.8. The minimum Gasteiger partial charge on any atom is -0.369 e. The monoisotopic (exact) mass is 756 g/mol. The summed E-state index contributed by atoms with van der Waals surface area (Å²) in [4.78, 5) is 11.6. The Balaban J connectivity index is 0.000000280. The van der Waals surface area contributed by atoms with Gasteiger partial charge in [0.1, 0.15) is 0 Å². The molecule has 0 aliphatic carbocycles. The van der Waals surface area contributed by atoms with E-state index in [4.69, 9.17) is 0 Å². The molecule has 0 aliphatic rings. The van der Waals surface area contributed by atoms with Crippen molar-refractivity contribution in [2.45, 2.75) is 62.8 Å². The van der Waals surface area contributed by atoms with Crippen LogP contribution in [0.25, 0.3) is 0 Å². The molecule has 0 spiro atoms. The summed E-state index contributed by atoms with van der Waals surface area (Å²) in [5, 5.41) is 18.8. The number of anilines is 2. The maximum absolute atomic E-state index is 12.9. The number of pyridine rings is 2. The number of hydrogen-bond donors (Lipinski definition) is 2. The van der Waals surface area contributed by atoms with Gasteiger partial charge in [-0.3, -0.25) is 9.97 Å². The van der Waals surface area contributed by atoms with Gasteiger partial charge in [-0.15, -0.1) is 0 Å². The lowest BCUT2D eigenvalue weighted by Crippen LogP contribution is -2.53. The second-order valence-corrected chi connectivity index (χ2v) is 11.2. The van der Waals surface area contributed by atoms with Crippen LogP contribution in [-0.2, 0) is 24.3 Å². The Bertz CT molecular complexity index is 1520. The van der Waals surface area contributed by atoms with Gasteiger partial charge < -0.3 is 20.0 Å². The van der Waals surface area contributed by atoms with E-state index in [1.165, 1.54) is 0 Å². The molecule has 0 amide bonds. The van der Waals surface area contributed by atoms with Gasteiger partial charge in [0.05, 0.1) is 12.2 Å². The van der Waals surface area contributed by atoms with Crippen molar-refractivity contribution in [3.05, 3.63) is 120 Å². The summed E-state index contributed by atoms with van der Waals surface area (Å²) in [7, 11) is 0. The van der Waals surface area contributed by atoms with Crippen LogP contribution in [0.5, 0.6) is 0 Å². The predicted molar refractivity (Wildman–Crippen MR) is 167 cm³/mol. The van der Waals surface area contributed by atoms with Gasteiger partial charge in [0.2, 0.25) is 0 Å². The molecule has 2 aromatic carbocycles. The standard InChI is InChI=1S/2C17H16F6N2O/c1-2-25(11-12-4-3-9-24-10-12)14-7-5-13(6-8-14)15(26,16(18,19)20)17(21,22)23;1-2-25(11-13-5-3-4-10-24-13)14-8-6-12(7-9-14)15(26,16(18,19)20)17(21,22)23/h2*3-10,26H,2,11H2,1H3. The zero-order chi connectivity index (χ0) is 39.2. The molecule has 6 nitrogen and oxygen atoms in total. The van der Waals surface area contributed by atoms with E-state index in [1.54, 1.807) is 72.6 Å². The van der Waals surface area contributed by atoms with Gasteiger partial charge in [0.25, 0.3) is 11.2 Å². The van der Waals surface area contributed by atoms with Gasteiger partial charge in [-0.1, -0.05) is 36.4 Å². The Morgan fingerprint density at radius 2 is 0.942 bits per heavy atom. The summed E-state index contributed by atoms with van der Waals surface area (Å²) in [6.07, 6.45) is -18.8. The van der Waals surface area contributed by atoms with E-state index in [0.29, 0.717) is 67.5 Å². The molecule has 18 heteroatoms. The molecule has 2 aromatic heterocycles. The van der Waals surface area contributed by atoms with E-state index in [2.05, 4.69) is 9.97 Å². The molecule has 0 atom stereocenters. The number of rotatable bonds is 10. The minimum absolute atomic E-state index is 0.333. The normalized spacial score (nSPS) is 12.9. The first-order valence-electron chi connectivity index (χ1n) is 15.2. The van der Waals surface area contributed by atoms with Gasteiger partial charge in [0.15, 0.2) is 0 Å². The number of benzene rings is 2. The van der Waals surface area contributed by atoms with Crippen LogP contribution in [0.15, 0.2) is 97.5 Å². The van der Waals surface area contributed by atoms with Crippen LogP contribution in [0.4, 0.5) is 64.1 Å². The van der Waals surface area contributed by atoms with E-state index in [9.17, 15) is 62.9 Å². The summed E-state index contributed by atoms with van der Waals surface area (Å²) >= 11 is 0. The van der Waals surface area contributed by atoms with Crippen molar-refractivity contribution in [2.24, 2.45) is 0 Å². The fourth-order valence-electron chi connectivity index (χ4n) is 4.97. The molecule has 0 unspecified atom stereocenters. The molecule has 0 fully saturated rings. The smallest absolute Gasteiger partial charge is 0.369 e. The van der Waals surface area contributed by atoms with Gasteiger partial charge in [0, 0.05) is 60.7 Å². The Hall–Kier alpha value is -4.58. The van der Waals surface area contributed by atoms with Crippen molar-refractivity contribution < 1.29 is 62.9 Å². The molecule has 2 heterocycles. The zero-order valence-corrected chi connectivity index (χ0v) is 27.3. The second kappa shape index (κ2) is 16.0. The molecule has 0 bridgehead atoms. The van der Waals surface area contributed by atoms with Crippen LogP contribution in [0.1, 0.15) is 36.2 Å². The lowest BCUT2D eigenvalue weighted by molar-refractivity contribution is -0.376. The van der Waals surface area contributed by atoms with Crippen LogP contribution in [0, 0.1) is 0 Å². The first-order chi connectivity index (χ1) is 24.0. The van der Waals surface area contributed by atoms with Crippen LogP contribution in [0.3, 0.4) is 0 Å². The highest BCUT2D eigenvalue weighted by Crippen LogP contribution is 2.51. The zero-order valence-electron chi connectivity index (χ0n) is 27.3. The molecule has 0 saturated heterocycles. The predicted octanol–water partition coefficient (Wildman–Crippen LogP) is 8.84. The van der Waals surface area contributed by atoms with Crippen molar-refractivity contribution >= 4 is 11.4 Å². The second-order valence-electron chi connectivity index (χ2n) is 11.2. The van der Waals surface area contributed by atoms with E-state index in [1.807, 2.05) is 0 Å². The molecule has 2 N–H and O–H groups in total. The highest BCUT2D eigenvalue weighted by atomic mass is 19.4. The SMILES string of the molecule is CCN(Cc1ccccn1)c1ccc(C(O)(C(F)(F)F)C(F)(F)F)cc1.CCN(Cc1cccnc1)c1ccc(C(O)(C(F)(F)F)C(F)(F)F)cc1. The summed E-state index contributed by atoms with van der Waals surface area (Å²) in [5.74, 6) is 0. The summed E-state index contributed by atoms with van der Waals surface area (Å²) in [6.45, 7) is 5.23. The Morgan fingerprint density at radius 3 is 1.27 bits per heavy atom. The minimum atomic E-state index is -5.90. The third-order valence-corrected chi connectivity index (χ3v) is 7.88. The van der Waals surface area contributed by atoms with E-state index in [-0.39, 0.29) is 0 Å². The largest absolute Gasteiger partial charge is 0.430 e. The number of halogens is 12. The van der Waals surface area contributed by atoms with Crippen LogP contribution < -0.4 is 9.80 Å². The first-order valence-corrected chi connectivity index (χ1v) is 15.2. The Morgan fingerprint density at radius 1 is 0.519 bits per heavy atom. The van der Waals surface area contributed by atoms with Crippen molar-refractivity contribution in [3.8, 4) is 0 Å². The number of hydrogen-bond acceptors (Lipinski definition) is 6. The van der Waals surface area contributed by atoms with Crippen LogP contribution >= 0.6 is 0 Å². The fraction of sp³-hybridized carbons (Fsp3) is 0.353. The molecular formula is C34H32F12N4O2. The third-order valence-electron chi connectivity index (χ3n) is 7.88. The van der Waals surface area contributed by atoms with Crippen molar-refractivity contribution in [1.29, 1.82) is 0 Å². The van der Waals surface area contributed by atoms with Crippen LogP contribution in [-0.4, -0.2) is 58.0 Å². The van der Waals surface area contributed by atoms with E-state index in [0.717, 1.165) is 29.8 Å². The molecule has 0 radical (unpaired) electrons. The van der Waals surface area contributed by atoms with Crippen molar-refractivity contribution in [2.75, 3.05) is 22.9 Å². The summed E-state index contributed by atoms with van der Waals surface area (Å²) in [5.41, 5.74) is -10.0. The quantitative estimate of drug-likeness (QED) is 0.158. The lowest BCUT2D eigenvalue weighted by atomic mass is 9.92. The lowest BCUT2D eigenvalue weighted by Gasteiger charge is -2.33. The van der Waals surface area contributed by atoms with E-state index >= 15 is 0 Å². The number of aromatic nitrogens is 2.